The van der Waals surface area contributed by atoms with Gasteiger partial charge in [-0.05, 0) is 53.6 Å². The second-order valence-electron chi connectivity index (χ2n) is 6.01. The largest absolute Gasteiger partial charge is 0.417 e. The molecule has 4 nitrogen and oxygen atoms in total. The maximum absolute atomic E-state index is 12.8. The second kappa shape index (κ2) is 9.40. The third-order valence-corrected chi connectivity index (χ3v) is 6.14. The SMILES string of the molecule is N#Cc1c(Sc2ncc(C(F)(F)F)cc2Cl)nsc1C=CNc1cccc(C(F)(F)F)c1. The molecule has 0 saturated carbocycles. The average molecular weight is 507 g/mol. The number of pyridine rings is 1. The van der Waals surface area contributed by atoms with E-state index < -0.39 is 23.5 Å². The Morgan fingerprint density at radius 2 is 1.78 bits per heavy atom. The van der Waals surface area contributed by atoms with E-state index in [1.807, 2.05) is 6.07 Å². The van der Waals surface area contributed by atoms with Gasteiger partial charge in [-0.2, -0.15) is 36.0 Å². The van der Waals surface area contributed by atoms with E-state index in [4.69, 9.17) is 11.6 Å². The highest BCUT2D eigenvalue weighted by Gasteiger charge is 2.32. The van der Waals surface area contributed by atoms with Crippen molar-refractivity contribution in [1.82, 2.24) is 9.36 Å². The molecule has 0 aliphatic carbocycles. The van der Waals surface area contributed by atoms with Crippen LogP contribution >= 0.6 is 34.9 Å². The lowest BCUT2D eigenvalue weighted by molar-refractivity contribution is -0.138. The molecule has 0 aliphatic heterocycles. The lowest BCUT2D eigenvalue weighted by Gasteiger charge is -2.08. The third kappa shape index (κ3) is 5.73. The van der Waals surface area contributed by atoms with Gasteiger partial charge in [0.1, 0.15) is 21.7 Å². The van der Waals surface area contributed by atoms with Crippen molar-refractivity contribution < 1.29 is 26.3 Å². The maximum Gasteiger partial charge on any atom is 0.417 e. The number of rotatable bonds is 5. The summed E-state index contributed by atoms with van der Waals surface area (Å²) in [6.07, 6.45) is -5.65. The van der Waals surface area contributed by atoms with Gasteiger partial charge in [-0.1, -0.05) is 17.7 Å². The molecule has 3 aromatic rings. The monoisotopic (exact) mass is 506 g/mol. The fourth-order valence-corrected chi connectivity index (χ4v) is 4.26. The normalized spacial score (nSPS) is 12.2. The molecule has 0 saturated heterocycles. The molecule has 1 N–H and O–H groups in total. The molecule has 2 heterocycles. The van der Waals surface area contributed by atoms with Gasteiger partial charge >= 0.3 is 12.4 Å². The first kappa shape index (κ1) is 23.9. The predicted octanol–water partition coefficient (Wildman–Crippen LogP) is 7.33. The molecule has 0 bridgehead atoms. The Morgan fingerprint density at radius 1 is 1.06 bits per heavy atom. The van der Waals surface area contributed by atoms with Crippen molar-refractivity contribution in [3.8, 4) is 6.07 Å². The van der Waals surface area contributed by atoms with Crippen LogP contribution < -0.4 is 5.32 Å². The van der Waals surface area contributed by atoms with Crippen LogP contribution in [-0.2, 0) is 12.4 Å². The predicted molar refractivity (Wildman–Crippen MR) is 109 cm³/mol. The Bertz CT molecular complexity index is 1200. The molecule has 0 unspecified atom stereocenters. The van der Waals surface area contributed by atoms with Gasteiger partial charge in [-0.25, -0.2) is 4.98 Å². The third-order valence-electron chi connectivity index (χ3n) is 3.80. The molecular weight excluding hydrogens is 498 g/mol. The molecule has 32 heavy (non-hydrogen) atoms. The Labute approximate surface area is 190 Å². The molecule has 13 heteroatoms. The first-order valence-corrected chi connectivity index (χ1v) is 10.4. The molecule has 2 aromatic heterocycles. The summed E-state index contributed by atoms with van der Waals surface area (Å²) in [5.74, 6) is 0. The summed E-state index contributed by atoms with van der Waals surface area (Å²) in [4.78, 5) is 4.09. The molecule has 0 fully saturated rings. The van der Waals surface area contributed by atoms with Gasteiger partial charge in [-0.15, -0.1) is 0 Å². The van der Waals surface area contributed by atoms with Crippen molar-refractivity contribution >= 4 is 46.7 Å². The minimum Gasteiger partial charge on any atom is -0.362 e. The van der Waals surface area contributed by atoms with Gasteiger partial charge in [0, 0.05) is 18.1 Å². The molecule has 0 amide bonds. The zero-order valence-corrected chi connectivity index (χ0v) is 17.8. The van der Waals surface area contributed by atoms with E-state index >= 15 is 0 Å². The smallest absolute Gasteiger partial charge is 0.362 e. The van der Waals surface area contributed by atoms with E-state index in [1.165, 1.54) is 24.4 Å². The van der Waals surface area contributed by atoms with Crippen LogP contribution in [0.15, 0.2) is 52.8 Å². The first-order chi connectivity index (χ1) is 15.0. The minimum atomic E-state index is -4.59. The quantitative estimate of drug-likeness (QED) is 0.367. The highest BCUT2D eigenvalue weighted by molar-refractivity contribution is 7.99. The van der Waals surface area contributed by atoms with Crippen LogP contribution in [0, 0.1) is 11.3 Å². The number of hydrogen-bond acceptors (Lipinski definition) is 6. The van der Waals surface area contributed by atoms with Crippen LogP contribution in [0.5, 0.6) is 0 Å². The number of nitriles is 1. The van der Waals surface area contributed by atoms with Gasteiger partial charge in [0.2, 0.25) is 0 Å². The van der Waals surface area contributed by atoms with Gasteiger partial charge in [-0.3, -0.25) is 0 Å². The van der Waals surface area contributed by atoms with Crippen molar-refractivity contribution in [1.29, 1.82) is 5.26 Å². The minimum absolute atomic E-state index is 0.0408. The number of benzene rings is 1. The molecule has 0 spiro atoms. The van der Waals surface area contributed by atoms with Gasteiger partial charge in [0.25, 0.3) is 0 Å². The molecule has 1 aromatic carbocycles. The summed E-state index contributed by atoms with van der Waals surface area (Å²) >= 11 is 7.64. The number of alkyl halides is 6. The molecule has 0 atom stereocenters. The molecule has 166 valence electrons. The van der Waals surface area contributed by atoms with E-state index in [0.29, 0.717) is 11.1 Å². The van der Waals surface area contributed by atoms with Crippen molar-refractivity contribution in [3.05, 3.63) is 69.3 Å². The fourth-order valence-electron chi connectivity index (χ4n) is 2.32. The highest BCUT2D eigenvalue weighted by atomic mass is 35.5. The average Bonchev–Trinajstić information content (AvgIpc) is 3.09. The van der Waals surface area contributed by atoms with E-state index in [0.717, 1.165) is 41.5 Å². The number of halogens is 7. The summed E-state index contributed by atoms with van der Waals surface area (Å²) in [6, 6.07) is 7.24. The summed E-state index contributed by atoms with van der Waals surface area (Å²) in [7, 11) is 0. The van der Waals surface area contributed by atoms with Crippen LogP contribution in [0.3, 0.4) is 0 Å². The first-order valence-electron chi connectivity index (χ1n) is 8.39. The Balaban J connectivity index is 1.77. The van der Waals surface area contributed by atoms with Gasteiger partial charge in [0.05, 0.1) is 21.0 Å². The number of hydrogen-bond donors (Lipinski definition) is 1. The van der Waals surface area contributed by atoms with E-state index in [2.05, 4.69) is 14.7 Å². The Kier molecular flexibility index (Phi) is 7.02. The van der Waals surface area contributed by atoms with Crippen molar-refractivity contribution in [2.24, 2.45) is 0 Å². The molecular formula is C19H9ClF6N4S2. The van der Waals surface area contributed by atoms with E-state index in [1.54, 1.807) is 0 Å². The number of nitrogens with zero attached hydrogens (tertiary/aromatic N) is 3. The number of aromatic nitrogens is 2. The van der Waals surface area contributed by atoms with Crippen LogP contribution in [0.2, 0.25) is 5.02 Å². The molecule has 0 radical (unpaired) electrons. The second-order valence-corrected chi connectivity index (χ2v) is 8.20. The fraction of sp³-hybridized carbons (Fsp3) is 0.105. The van der Waals surface area contributed by atoms with Gasteiger partial charge < -0.3 is 5.32 Å². The summed E-state index contributed by atoms with van der Waals surface area (Å²) in [6.45, 7) is 0. The topological polar surface area (TPSA) is 61.6 Å². The maximum atomic E-state index is 12.8. The zero-order chi connectivity index (χ0) is 23.5. The van der Waals surface area contributed by atoms with Crippen molar-refractivity contribution in [2.75, 3.05) is 5.32 Å². The van der Waals surface area contributed by atoms with Gasteiger partial charge in [0.15, 0.2) is 0 Å². The van der Waals surface area contributed by atoms with Crippen LogP contribution in [0.4, 0.5) is 32.0 Å². The standard InChI is InChI=1S/C19H9ClF6N4S2/c20-14-7-11(19(24,25)26)9-29-17(14)31-16-13(8-27)15(32-30-16)4-5-28-12-3-1-2-10(6-12)18(21,22)23/h1-7,9,28H. The number of nitrogens with one attached hydrogen (secondary N) is 1. The van der Waals surface area contributed by atoms with E-state index in [9.17, 15) is 31.6 Å². The Morgan fingerprint density at radius 3 is 2.41 bits per heavy atom. The summed E-state index contributed by atoms with van der Waals surface area (Å²) in [5, 5.41) is 12.1. The zero-order valence-electron chi connectivity index (χ0n) is 15.4. The Hall–Kier alpha value is -2.75. The van der Waals surface area contributed by atoms with Crippen LogP contribution in [0.25, 0.3) is 6.08 Å². The van der Waals surface area contributed by atoms with Crippen LogP contribution in [-0.4, -0.2) is 9.36 Å². The lowest BCUT2D eigenvalue weighted by Crippen LogP contribution is -2.05. The van der Waals surface area contributed by atoms with Crippen LogP contribution in [0.1, 0.15) is 21.6 Å². The van der Waals surface area contributed by atoms with Crippen molar-refractivity contribution in [3.63, 3.8) is 0 Å². The summed E-state index contributed by atoms with van der Waals surface area (Å²) in [5.41, 5.74) is -1.50. The van der Waals surface area contributed by atoms with E-state index in [-0.39, 0.29) is 26.3 Å². The van der Waals surface area contributed by atoms with Crippen molar-refractivity contribution in [2.45, 2.75) is 22.4 Å². The number of anilines is 1. The molecule has 3 rings (SSSR count). The highest BCUT2D eigenvalue weighted by Crippen LogP contribution is 2.38. The molecule has 0 aliphatic rings. The summed E-state index contributed by atoms with van der Waals surface area (Å²) < 4.78 is 80.7. The lowest BCUT2D eigenvalue weighted by atomic mass is 10.2.